The summed E-state index contributed by atoms with van der Waals surface area (Å²) in [6.07, 6.45) is 4.64. The van der Waals surface area contributed by atoms with Gasteiger partial charge in [0.2, 0.25) is 0 Å². The molecule has 0 spiro atoms. The van der Waals surface area contributed by atoms with Gasteiger partial charge in [-0.3, -0.25) is 15.0 Å². The first-order valence-electron chi connectivity index (χ1n) is 11.7. The van der Waals surface area contributed by atoms with Crippen molar-refractivity contribution in [2.24, 2.45) is 23.7 Å². The van der Waals surface area contributed by atoms with Crippen molar-refractivity contribution in [2.75, 3.05) is 0 Å². The average molecular weight is 568 g/mol. The quantitative estimate of drug-likeness (QED) is 0.101. The molecule has 2 aliphatic carbocycles. The molecule has 2 aliphatic rings. The number of esters is 1. The topological polar surface area (TPSA) is 168 Å². The Balaban J connectivity index is 0.00000214. The Morgan fingerprint density at radius 3 is 2.40 bits per heavy atom. The summed E-state index contributed by atoms with van der Waals surface area (Å²) in [5.41, 5.74) is 0.958. The van der Waals surface area contributed by atoms with Gasteiger partial charge in [0.05, 0.1) is 30.7 Å². The van der Waals surface area contributed by atoms with Gasteiger partial charge in [-0.2, -0.15) is 0 Å². The zero-order valence-electron chi connectivity index (χ0n) is 20.7. The van der Waals surface area contributed by atoms with E-state index >= 15 is 0 Å². The van der Waals surface area contributed by atoms with Gasteiger partial charge in [0.15, 0.2) is 7.85 Å². The summed E-state index contributed by atoms with van der Waals surface area (Å²) < 4.78 is 5.84. The molecule has 193 valence electrons. The Morgan fingerprint density at radius 2 is 1.86 bits per heavy atom. The minimum atomic E-state index is -1.10. The minimum Gasteiger partial charge on any atom is -0.507 e. The van der Waals surface area contributed by atoms with Gasteiger partial charge in [-0.1, -0.05) is 39.0 Å². The van der Waals surface area contributed by atoms with Gasteiger partial charge in [0, 0.05) is 45.0 Å². The van der Waals surface area contributed by atoms with Crippen LogP contribution in [0.1, 0.15) is 59.3 Å². The number of carbonyl (C=O) groups excluding carboxylic acids is 1. The molecule has 0 aromatic heterocycles. The number of carboxylic acids is 1. The van der Waals surface area contributed by atoms with Gasteiger partial charge < -0.3 is 30.3 Å². The first-order chi connectivity index (χ1) is 15.8. The molecule has 0 aliphatic heterocycles. The third kappa shape index (κ3) is 12.2. The second-order valence-corrected chi connectivity index (χ2v) is 9.27. The smallest absolute Gasteiger partial charge is 0.308 e. The maximum Gasteiger partial charge on any atom is 0.308 e. The van der Waals surface area contributed by atoms with E-state index in [0.717, 1.165) is 5.57 Å². The second kappa shape index (κ2) is 16.6. The summed E-state index contributed by atoms with van der Waals surface area (Å²) >= 11 is 0. The molecule has 0 unspecified atom stereocenters. The Morgan fingerprint density at radius 1 is 1.26 bits per heavy atom. The SMILES string of the molecule is CC[C@H](C)C(=O)O[C@H]1C[C@H](O)C=C2C=C[C@H](C)[C@H](CC[C@@H](O)C[C@@H](O)CC(=O)O)[C@H]21.[B]C(=N)O.[Y]. The molecule has 0 bridgehead atoms. The summed E-state index contributed by atoms with van der Waals surface area (Å²) in [5, 5.41) is 52.3. The number of hydrogen-bond acceptors (Lipinski definition) is 7. The van der Waals surface area contributed by atoms with Gasteiger partial charge in [-0.25, -0.2) is 0 Å². The fourth-order valence-electron chi connectivity index (χ4n) is 4.52. The Labute approximate surface area is 233 Å². The molecule has 9 nitrogen and oxygen atoms in total. The predicted octanol–water partition coefficient (Wildman–Crippen LogP) is 2.09. The van der Waals surface area contributed by atoms with Crippen LogP contribution in [0.2, 0.25) is 0 Å². The number of nitrogens with one attached hydrogen (secondary N) is 1. The molecule has 35 heavy (non-hydrogen) atoms. The molecule has 3 radical (unpaired) electrons. The first kappa shape index (κ1) is 33.9. The Hall–Kier alpha value is -1.06. The predicted molar refractivity (Wildman–Crippen MR) is 128 cm³/mol. The van der Waals surface area contributed by atoms with Crippen molar-refractivity contribution in [2.45, 2.75) is 83.7 Å². The van der Waals surface area contributed by atoms with Crippen LogP contribution in [0.4, 0.5) is 0 Å². The van der Waals surface area contributed by atoms with Gasteiger partial charge in [-0.15, -0.1) is 0 Å². The molecular formula is C24H38BNO8Y. The van der Waals surface area contributed by atoms with E-state index in [4.69, 9.17) is 20.4 Å². The van der Waals surface area contributed by atoms with E-state index in [2.05, 4.69) is 20.8 Å². The van der Waals surface area contributed by atoms with E-state index in [1.54, 1.807) is 0 Å². The molecule has 8 atom stereocenters. The van der Waals surface area contributed by atoms with Crippen molar-refractivity contribution in [3.8, 4) is 0 Å². The van der Waals surface area contributed by atoms with Crippen molar-refractivity contribution in [3.05, 3.63) is 23.8 Å². The number of fused-ring (bicyclic) bond motifs is 1. The molecule has 0 saturated heterocycles. The number of ether oxygens (including phenoxy) is 1. The maximum absolute atomic E-state index is 12.4. The van der Waals surface area contributed by atoms with E-state index in [-0.39, 0.29) is 75.2 Å². The third-order valence-corrected chi connectivity index (χ3v) is 6.44. The molecule has 0 aromatic carbocycles. The van der Waals surface area contributed by atoms with Crippen LogP contribution in [0.15, 0.2) is 23.8 Å². The number of allylic oxidation sites excluding steroid dienone is 2. The monoisotopic (exact) mass is 568 g/mol. The number of aliphatic hydroxyl groups is 4. The molecule has 11 heteroatoms. The first-order valence-corrected chi connectivity index (χ1v) is 11.7. The Kier molecular flexibility index (Phi) is 16.1. The molecule has 0 fully saturated rings. The van der Waals surface area contributed by atoms with E-state index in [1.807, 2.05) is 26.0 Å². The molecular weight excluding hydrogens is 530 g/mol. The van der Waals surface area contributed by atoms with Gasteiger partial charge in [-0.05, 0) is 43.1 Å². The summed E-state index contributed by atoms with van der Waals surface area (Å²) in [6.45, 7) is 5.85. The van der Waals surface area contributed by atoms with Gasteiger partial charge >= 0.3 is 11.9 Å². The summed E-state index contributed by atoms with van der Waals surface area (Å²) in [4.78, 5) is 23.1. The van der Waals surface area contributed by atoms with Crippen LogP contribution >= 0.6 is 0 Å². The molecule has 0 heterocycles. The minimum absolute atomic E-state index is 0. The van der Waals surface area contributed by atoms with E-state index in [0.29, 0.717) is 25.7 Å². The van der Waals surface area contributed by atoms with Gasteiger partial charge in [0.25, 0.3) is 0 Å². The fourth-order valence-corrected chi connectivity index (χ4v) is 4.52. The zero-order chi connectivity index (χ0) is 26.0. The summed E-state index contributed by atoms with van der Waals surface area (Å²) in [6, 6.07) is 0. The van der Waals surface area contributed by atoms with Crippen LogP contribution in [0.5, 0.6) is 0 Å². The zero-order valence-corrected chi connectivity index (χ0v) is 23.5. The van der Waals surface area contributed by atoms with Crippen LogP contribution in [0.25, 0.3) is 0 Å². The summed E-state index contributed by atoms with van der Waals surface area (Å²) in [5.74, 6) is -2.14. The van der Waals surface area contributed by atoms with E-state index in [9.17, 15) is 24.9 Å². The van der Waals surface area contributed by atoms with Crippen LogP contribution in [0.3, 0.4) is 0 Å². The van der Waals surface area contributed by atoms with Crippen molar-refractivity contribution < 1.29 is 72.6 Å². The van der Waals surface area contributed by atoms with Crippen molar-refractivity contribution in [1.29, 1.82) is 5.41 Å². The number of hydrogen-bond donors (Lipinski definition) is 6. The molecule has 6 N–H and O–H groups in total. The van der Waals surface area contributed by atoms with Crippen LogP contribution in [0, 0.1) is 29.1 Å². The maximum atomic E-state index is 12.4. The standard InChI is InChI=1S/C23H36O7.CH2BNO.Y/c1-4-13(2)23(29)30-20-11-17(25)9-15-6-5-14(3)19(22(15)20)8-7-16(24)10-18(26)12-21(27)28;2-1(3)4;/h5-6,9,13-14,16-20,22,24-26H,4,7-8,10-12H2,1-3H3,(H,27,28);(H2,3,4);/t13-,14-,16+,17+,18+,19-,20-,22-;;/m0../s1. The van der Waals surface area contributed by atoms with Crippen molar-refractivity contribution in [1.82, 2.24) is 0 Å². The number of aliphatic hydroxyl groups excluding tert-OH is 4. The van der Waals surface area contributed by atoms with E-state index in [1.165, 1.54) is 0 Å². The van der Waals surface area contributed by atoms with Crippen LogP contribution in [-0.2, 0) is 47.0 Å². The van der Waals surface area contributed by atoms with E-state index < -0.39 is 36.2 Å². The average Bonchev–Trinajstić information content (AvgIpc) is 2.71. The second-order valence-electron chi connectivity index (χ2n) is 9.27. The molecule has 0 amide bonds. The van der Waals surface area contributed by atoms with Crippen molar-refractivity contribution in [3.63, 3.8) is 0 Å². The molecule has 0 saturated carbocycles. The third-order valence-electron chi connectivity index (χ3n) is 6.44. The van der Waals surface area contributed by atoms with Crippen LogP contribution in [-0.4, -0.2) is 75.5 Å². The van der Waals surface area contributed by atoms with Crippen LogP contribution < -0.4 is 0 Å². The molecule has 2 rings (SSSR count). The fraction of sp³-hybridized carbons (Fsp3) is 0.708. The van der Waals surface area contributed by atoms with Gasteiger partial charge in [0.1, 0.15) is 11.9 Å². The normalized spacial score (nSPS) is 27.5. The summed E-state index contributed by atoms with van der Waals surface area (Å²) in [7, 11) is 4.25. The van der Waals surface area contributed by atoms with Crippen molar-refractivity contribution >= 4 is 25.6 Å². The number of rotatable bonds is 10. The number of carbonyl (C=O) groups is 2. The number of carboxylic acid groups (broad SMARTS) is 1. The Bertz CT molecular complexity index is 758. The largest absolute Gasteiger partial charge is 0.507 e. The number of aliphatic carboxylic acids is 1. The molecule has 0 aromatic rings.